The molecule has 1 aliphatic carbocycles. The van der Waals surface area contributed by atoms with E-state index < -0.39 is 8.32 Å². The molecule has 4 atom stereocenters. The Hall–Kier alpha value is -0.593. The van der Waals surface area contributed by atoms with Crippen LogP contribution in [-0.4, -0.2) is 51.2 Å². The number of hydrogen-bond acceptors (Lipinski definition) is 4. The second-order valence-electron chi connectivity index (χ2n) is 8.26. The first-order valence-corrected chi connectivity index (χ1v) is 11.3. The maximum absolute atomic E-state index is 12.2. The van der Waals surface area contributed by atoms with E-state index >= 15 is 0 Å². The minimum absolute atomic E-state index is 0.00336. The summed E-state index contributed by atoms with van der Waals surface area (Å²) in [6, 6.07) is 0.170. The molecule has 6 heteroatoms. The summed E-state index contributed by atoms with van der Waals surface area (Å²) in [6.07, 6.45) is 3.03. The van der Waals surface area contributed by atoms with E-state index in [0.717, 1.165) is 19.3 Å². The summed E-state index contributed by atoms with van der Waals surface area (Å²) in [5, 5.41) is 0.154. The standard InChI is InChI=1S/C16H32N2O3Si/c1-16(2,3)22(5,6)21-10-13-14(17)11-8-7-9-12(11)18(13)15(19)20-4/h11-14H,7-10,17H2,1-6H3/t11-,12+,13-,14-/m0/s1. The molecule has 1 saturated heterocycles. The Bertz CT molecular complexity index is 422. The second kappa shape index (κ2) is 6.13. The van der Waals surface area contributed by atoms with Gasteiger partial charge in [-0.2, -0.15) is 0 Å². The fourth-order valence-corrected chi connectivity index (χ4v) is 4.58. The van der Waals surface area contributed by atoms with Crippen molar-refractivity contribution in [1.29, 1.82) is 0 Å². The molecule has 22 heavy (non-hydrogen) atoms. The van der Waals surface area contributed by atoms with Crippen LogP contribution < -0.4 is 5.73 Å². The van der Waals surface area contributed by atoms with Crippen LogP contribution in [0, 0.1) is 5.92 Å². The molecule has 0 spiro atoms. The van der Waals surface area contributed by atoms with Crippen molar-refractivity contribution in [2.75, 3.05) is 13.7 Å². The van der Waals surface area contributed by atoms with Crippen LogP contribution in [-0.2, 0) is 9.16 Å². The number of methoxy groups -OCH3 is 1. The first kappa shape index (κ1) is 17.8. The number of rotatable bonds is 3. The summed E-state index contributed by atoms with van der Waals surface area (Å²) in [6.45, 7) is 11.7. The third kappa shape index (κ3) is 3.05. The highest BCUT2D eigenvalue weighted by Crippen LogP contribution is 2.42. The van der Waals surface area contributed by atoms with Gasteiger partial charge in [0, 0.05) is 12.1 Å². The highest BCUT2D eigenvalue weighted by Gasteiger charge is 2.52. The number of ether oxygens (including phenoxy) is 1. The SMILES string of the molecule is COC(=O)N1[C@@H]2CCC[C@@H]2[C@H](N)[C@@H]1CO[Si](C)(C)C(C)(C)C. The van der Waals surface area contributed by atoms with Gasteiger partial charge in [0.2, 0.25) is 0 Å². The van der Waals surface area contributed by atoms with Crippen molar-refractivity contribution >= 4 is 14.4 Å². The molecule has 1 aliphatic heterocycles. The van der Waals surface area contributed by atoms with Crippen molar-refractivity contribution in [1.82, 2.24) is 4.90 Å². The molecule has 1 amide bonds. The summed E-state index contributed by atoms with van der Waals surface area (Å²) in [5.74, 6) is 0.395. The Morgan fingerprint density at radius 3 is 2.50 bits per heavy atom. The molecule has 0 aromatic carbocycles. The summed E-state index contributed by atoms with van der Waals surface area (Å²) < 4.78 is 11.4. The van der Waals surface area contributed by atoms with Gasteiger partial charge in [-0.1, -0.05) is 27.2 Å². The van der Waals surface area contributed by atoms with Crippen molar-refractivity contribution in [2.24, 2.45) is 11.7 Å². The number of carbonyl (C=O) groups excluding carboxylic acids is 1. The van der Waals surface area contributed by atoms with Gasteiger partial charge in [0.25, 0.3) is 0 Å². The molecular weight excluding hydrogens is 296 g/mol. The van der Waals surface area contributed by atoms with Crippen LogP contribution >= 0.6 is 0 Å². The van der Waals surface area contributed by atoms with E-state index in [9.17, 15) is 4.79 Å². The minimum atomic E-state index is -1.85. The van der Waals surface area contributed by atoms with E-state index in [-0.39, 0.29) is 29.3 Å². The largest absolute Gasteiger partial charge is 0.453 e. The summed E-state index contributed by atoms with van der Waals surface area (Å²) >= 11 is 0. The molecule has 1 saturated carbocycles. The summed E-state index contributed by atoms with van der Waals surface area (Å²) in [5.41, 5.74) is 6.47. The Kier molecular flexibility index (Phi) is 4.95. The normalized spacial score (nSPS) is 32.2. The van der Waals surface area contributed by atoms with Gasteiger partial charge in [-0.3, -0.25) is 4.90 Å². The molecule has 2 fully saturated rings. The minimum Gasteiger partial charge on any atom is -0.453 e. The monoisotopic (exact) mass is 328 g/mol. The molecule has 0 unspecified atom stereocenters. The van der Waals surface area contributed by atoms with Gasteiger partial charge in [0.15, 0.2) is 8.32 Å². The molecule has 2 aliphatic rings. The second-order valence-corrected chi connectivity index (χ2v) is 13.1. The van der Waals surface area contributed by atoms with Gasteiger partial charge >= 0.3 is 6.09 Å². The molecular formula is C16H32N2O3Si. The van der Waals surface area contributed by atoms with E-state index in [1.165, 1.54) is 7.11 Å². The maximum Gasteiger partial charge on any atom is 0.410 e. The van der Waals surface area contributed by atoms with E-state index in [1.54, 1.807) is 0 Å². The average Bonchev–Trinajstić information content (AvgIpc) is 2.97. The van der Waals surface area contributed by atoms with Crippen molar-refractivity contribution in [2.45, 2.75) is 76.3 Å². The molecule has 0 bridgehead atoms. The summed E-state index contributed by atoms with van der Waals surface area (Å²) in [7, 11) is -0.401. The first-order chi connectivity index (χ1) is 10.1. The zero-order valence-corrected chi connectivity index (χ0v) is 15.9. The molecule has 0 aromatic rings. The number of hydrogen-bond donors (Lipinski definition) is 1. The third-order valence-electron chi connectivity index (χ3n) is 5.99. The lowest BCUT2D eigenvalue weighted by Crippen LogP contribution is -2.51. The van der Waals surface area contributed by atoms with Crippen molar-refractivity contribution in [3.05, 3.63) is 0 Å². The van der Waals surface area contributed by atoms with Gasteiger partial charge in [-0.15, -0.1) is 0 Å². The number of likely N-dealkylation sites (tertiary alicyclic amines) is 1. The quantitative estimate of drug-likeness (QED) is 0.809. The number of amides is 1. The Balaban J connectivity index is 2.12. The van der Waals surface area contributed by atoms with E-state index in [2.05, 4.69) is 33.9 Å². The van der Waals surface area contributed by atoms with E-state index in [4.69, 9.17) is 14.9 Å². The van der Waals surface area contributed by atoms with Crippen LogP contribution in [0.5, 0.6) is 0 Å². The number of nitrogens with zero attached hydrogens (tertiary/aromatic N) is 1. The zero-order valence-electron chi connectivity index (χ0n) is 14.9. The maximum atomic E-state index is 12.2. The number of nitrogens with two attached hydrogens (primary N) is 1. The first-order valence-electron chi connectivity index (χ1n) is 8.36. The predicted octanol–water partition coefficient (Wildman–Crippen LogP) is 2.95. The van der Waals surface area contributed by atoms with Gasteiger partial charge < -0.3 is 14.9 Å². The Labute approximate surface area is 135 Å². The smallest absolute Gasteiger partial charge is 0.410 e. The van der Waals surface area contributed by atoms with Crippen LogP contribution in [0.1, 0.15) is 40.0 Å². The molecule has 2 rings (SSSR count). The van der Waals surface area contributed by atoms with Gasteiger partial charge in [-0.05, 0) is 36.9 Å². The summed E-state index contributed by atoms with van der Waals surface area (Å²) in [4.78, 5) is 14.1. The molecule has 2 N–H and O–H groups in total. The van der Waals surface area contributed by atoms with E-state index in [0.29, 0.717) is 12.5 Å². The highest BCUT2D eigenvalue weighted by atomic mass is 28.4. The van der Waals surface area contributed by atoms with E-state index in [1.807, 2.05) is 4.90 Å². The zero-order chi connectivity index (χ0) is 16.7. The van der Waals surface area contributed by atoms with Crippen LogP contribution in [0.15, 0.2) is 0 Å². The molecule has 1 heterocycles. The lowest BCUT2D eigenvalue weighted by Gasteiger charge is -2.38. The number of carbonyl (C=O) groups is 1. The Morgan fingerprint density at radius 2 is 1.95 bits per heavy atom. The Morgan fingerprint density at radius 1 is 1.32 bits per heavy atom. The van der Waals surface area contributed by atoms with Crippen LogP contribution in [0.4, 0.5) is 4.79 Å². The topological polar surface area (TPSA) is 64.8 Å². The van der Waals surface area contributed by atoms with Crippen molar-refractivity contribution < 1.29 is 14.0 Å². The van der Waals surface area contributed by atoms with Crippen LogP contribution in [0.2, 0.25) is 18.1 Å². The van der Waals surface area contributed by atoms with Crippen molar-refractivity contribution in [3.8, 4) is 0 Å². The van der Waals surface area contributed by atoms with Gasteiger partial charge in [0.1, 0.15) is 0 Å². The highest BCUT2D eigenvalue weighted by molar-refractivity contribution is 6.74. The lowest BCUT2D eigenvalue weighted by atomic mass is 9.97. The third-order valence-corrected chi connectivity index (χ3v) is 10.5. The molecule has 0 aromatic heterocycles. The average molecular weight is 329 g/mol. The van der Waals surface area contributed by atoms with Crippen molar-refractivity contribution in [3.63, 3.8) is 0 Å². The van der Waals surface area contributed by atoms with Gasteiger partial charge in [0.05, 0.1) is 19.8 Å². The molecule has 0 radical (unpaired) electrons. The molecule has 128 valence electrons. The lowest BCUT2D eigenvalue weighted by molar-refractivity contribution is 0.0833. The fraction of sp³-hybridized carbons (Fsp3) is 0.938. The van der Waals surface area contributed by atoms with Gasteiger partial charge in [-0.25, -0.2) is 4.79 Å². The predicted molar refractivity (Wildman–Crippen MR) is 90.3 cm³/mol. The number of fused-ring (bicyclic) bond motifs is 1. The van der Waals surface area contributed by atoms with Crippen LogP contribution in [0.3, 0.4) is 0 Å². The molecule has 5 nitrogen and oxygen atoms in total. The fourth-order valence-electron chi connectivity index (χ4n) is 3.56. The van der Waals surface area contributed by atoms with Crippen LogP contribution in [0.25, 0.3) is 0 Å².